The van der Waals surface area contributed by atoms with E-state index < -0.39 is 0 Å². The minimum absolute atomic E-state index is 0.0362. The monoisotopic (exact) mass is 333 g/mol. The van der Waals surface area contributed by atoms with Crippen molar-refractivity contribution in [1.29, 1.82) is 0 Å². The summed E-state index contributed by atoms with van der Waals surface area (Å²) in [5.41, 5.74) is 4.46. The Balaban J connectivity index is 1.91. The number of rotatable bonds is 4. The molecule has 5 nitrogen and oxygen atoms in total. The van der Waals surface area contributed by atoms with Gasteiger partial charge in [0.1, 0.15) is 0 Å². The van der Waals surface area contributed by atoms with E-state index in [1.165, 1.54) is 6.92 Å². The van der Waals surface area contributed by atoms with Crippen LogP contribution in [0, 0.1) is 13.8 Å². The van der Waals surface area contributed by atoms with Crippen LogP contribution in [0.5, 0.6) is 0 Å². The summed E-state index contributed by atoms with van der Waals surface area (Å²) in [5, 5.41) is 2.87. The summed E-state index contributed by atoms with van der Waals surface area (Å²) in [6.45, 7) is 5.36. The third kappa shape index (κ3) is 3.35. The number of pyridine rings is 1. The lowest BCUT2D eigenvalue weighted by Gasteiger charge is -2.10. The molecule has 0 aliphatic carbocycles. The largest absolute Gasteiger partial charge is 0.322 e. The Hall–Kier alpha value is -3.21. The zero-order valence-electron chi connectivity index (χ0n) is 14.4. The van der Waals surface area contributed by atoms with E-state index in [1.807, 2.05) is 36.6 Å². The Kier molecular flexibility index (Phi) is 4.48. The molecule has 0 radical (unpaired) electrons. The molecular weight excluding hydrogens is 314 g/mol. The molecule has 25 heavy (non-hydrogen) atoms. The maximum absolute atomic E-state index is 12.7. The fourth-order valence-corrected chi connectivity index (χ4v) is 2.89. The topological polar surface area (TPSA) is 64.0 Å². The van der Waals surface area contributed by atoms with Crippen LogP contribution < -0.4 is 5.32 Å². The van der Waals surface area contributed by atoms with Crippen molar-refractivity contribution in [2.24, 2.45) is 0 Å². The highest BCUT2D eigenvalue weighted by atomic mass is 16.1. The van der Waals surface area contributed by atoms with Gasteiger partial charge in [-0.05, 0) is 51.1 Å². The highest BCUT2D eigenvalue weighted by Gasteiger charge is 2.17. The Morgan fingerprint density at radius 2 is 1.88 bits per heavy atom. The van der Waals surface area contributed by atoms with E-state index in [2.05, 4.69) is 10.3 Å². The molecule has 3 rings (SSSR count). The van der Waals surface area contributed by atoms with Crippen LogP contribution in [0.25, 0.3) is 5.69 Å². The molecule has 5 heteroatoms. The second kappa shape index (κ2) is 6.73. The number of ketones is 1. The summed E-state index contributed by atoms with van der Waals surface area (Å²) in [4.78, 5) is 28.3. The molecule has 0 saturated heterocycles. The average Bonchev–Trinajstić information content (AvgIpc) is 2.90. The van der Waals surface area contributed by atoms with Gasteiger partial charge < -0.3 is 9.88 Å². The van der Waals surface area contributed by atoms with Crippen LogP contribution in [0.4, 0.5) is 5.69 Å². The van der Waals surface area contributed by atoms with E-state index in [1.54, 1.807) is 36.7 Å². The lowest BCUT2D eigenvalue weighted by atomic mass is 10.1. The fourth-order valence-electron chi connectivity index (χ4n) is 2.89. The normalized spacial score (nSPS) is 10.5. The Bertz CT molecular complexity index is 943. The number of nitrogens with one attached hydrogen (secondary N) is 1. The average molecular weight is 333 g/mol. The number of aryl methyl sites for hydroxylation is 1. The van der Waals surface area contributed by atoms with Gasteiger partial charge in [0.2, 0.25) is 0 Å². The van der Waals surface area contributed by atoms with Gasteiger partial charge in [-0.3, -0.25) is 14.6 Å². The number of nitrogens with zero attached hydrogens (tertiary/aromatic N) is 2. The Morgan fingerprint density at radius 1 is 1.08 bits per heavy atom. The SMILES string of the molecule is CC(=O)c1cccc(NC(=O)c2cc(C)n(-c3cccnc3)c2C)c1. The predicted molar refractivity (Wildman–Crippen MR) is 97.4 cm³/mol. The van der Waals surface area contributed by atoms with Crippen molar-refractivity contribution >= 4 is 17.4 Å². The molecular formula is C20H19N3O2. The number of carbonyl (C=O) groups excluding carboxylic acids is 2. The first-order valence-corrected chi connectivity index (χ1v) is 7.99. The van der Waals surface area contributed by atoms with Crippen LogP contribution in [-0.2, 0) is 0 Å². The molecule has 0 saturated carbocycles. The molecule has 1 amide bonds. The smallest absolute Gasteiger partial charge is 0.257 e. The van der Waals surface area contributed by atoms with E-state index in [-0.39, 0.29) is 11.7 Å². The third-order valence-corrected chi connectivity index (χ3v) is 4.11. The summed E-state index contributed by atoms with van der Waals surface area (Å²) >= 11 is 0. The first-order valence-electron chi connectivity index (χ1n) is 7.99. The molecule has 0 atom stereocenters. The number of amides is 1. The zero-order valence-corrected chi connectivity index (χ0v) is 14.4. The van der Waals surface area contributed by atoms with Crippen molar-refractivity contribution in [3.05, 3.63) is 77.4 Å². The quantitative estimate of drug-likeness (QED) is 0.735. The number of anilines is 1. The molecule has 0 fully saturated rings. The maximum Gasteiger partial charge on any atom is 0.257 e. The first-order chi connectivity index (χ1) is 12.0. The second-order valence-corrected chi connectivity index (χ2v) is 5.92. The lowest BCUT2D eigenvalue weighted by molar-refractivity contribution is 0.101. The van der Waals surface area contributed by atoms with Crippen LogP contribution >= 0.6 is 0 Å². The molecule has 1 aromatic carbocycles. The second-order valence-electron chi connectivity index (χ2n) is 5.92. The van der Waals surface area contributed by atoms with Gasteiger partial charge in [0, 0.05) is 28.8 Å². The summed E-state index contributed by atoms with van der Waals surface area (Å²) in [6.07, 6.45) is 3.48. The lowest BCUT2D eigenvalue weighted by Crippen LogP contribution is -2.13. The van der Waals surface area contributed by atoms with Crippen molar-refractivity contribution in [2.45, 2.75) is 20.8 Å². The number of carbonyl (C=O) groups is 2. The summed E-state index contributed by atoms with van der Waals surface area (Å²) < 4.78 is 1.99. The first kappa shape index (κ1) is 16.6. The summed E-state index contributed by atoms with van der Waals surface area (Å²) in [6, 6.07) is 12.6. The van der Waals surface area contributed by atoms with E-state index in [0.717, 1.165) is 17.1 Å². The van der Waals surface area contributed by atoms with Gasteiger partial charge in [0.15, 0.2) is 5.78 Å². The molecule has 0 unspecified atom stereocenters. The molecule has 0 aliphatic rings. The van der Waals surface area contributed by atoms with Crippen LogP contribution in [0.1, 0.15) is 39.0 Å². The van der Waals surface area contributed by atoms with Gasteiger partial charge in [-0.1, -0.05) is 12.1 Å². The fraction of sp³-hybridized carbons (Fsp3) is 0.150. The van der Waals surface area contributed by atoms with Crippen molar-refractivity contribution in [2.75, 3.05) is 5.32 Å². The van der Waals surface area contributed by atoms with Gasteiger partial charge in [0.05, 0.1) is 17.4 Å². The van der Waals surface area contributed by atoms with Crippen molar-refractivity contribution in [1.82, 2.24) is 9.55 Å². The van der Waals surface area contributed by atoms with Crippen molar-refractivity contribution in [3.8, 4) is 5.69 Å². The minimum Gasteiger partial charge on any atom is -0.322 e. The molecule has 0 spiro atoms. The molecule has 0 aliphatic heterocycles. The Labute approximate surface area is 146 Å². The van der Waals surface area contributed by atoms with Gasteiger partial charge in [0.25, 0.3) is 5.91 Å². The van der Waals surface area contributed by atoms with Gasteiger partial charge >= 0.3 is 0 Å². The molecule has 1 N–H and O–H groups in total. The van der Waals surface area contributed by atoms with Crippen LogP contribution in [0.2, 0.25) is 0 Å². The number of Topliss-reactive ketones (excluding diaryl/α,β-unsaturated/α-hetero) is 1. The maximum atomic E-state index is 12.7. The van der Waals surface area contributed by atoms with Gasteiger partial charge in [-0.15, -0.1) is 0 Å². The third-order valence-electron chi connectivity index (χ3n) is 4.11. The van der Waals surface area contributed by atoms with Crippen LogP contribution in [0.3, 0.4) is 0 Å². The van der Waals surface area contributed by atoms with E-state index in [4.69, 9.17) is 0 Å². The van der Waals surface area contributed by atoms with Crippen LogP contribution in [-0.4, -0.2) is 21.2 Å². The summed E-state index contributed by atoms with van der Waals surface area (Å²) in [5.74, 6) is -0.241. The molecule has 2 aromatic heterocycles. The molecule has 126 valence electrons. The van der Waals surface area contributed by atoms with Crippen molar-refractivity contribution < 1.29 is 9.59 Å². The highest BCUT2D eigenvalue weighted by molar-refractivity contribution is 6.06. The molecule has 2 heterocycles. The molecule has 0 bridgehead atoms. The van der Waals surface area contributed by atoms with Crippen LogP contribution in [0.15, 0.2) is 54.9 Å². The van der Waals surface area contributed by atoms with Gasteiger partial charge in [-0.25, -0.2) is 0 Å². The van der Waals surface area contributed by atoms with Crippen molar-refractivity contribution in [3.63, 3.8) is 0 Å². The Morgan fingerprint density at radius 3 is 2.56 bits per heavy atom. The number of hydrogen-bond donors (Lipinski definition) is 1. The number of aromatic nitrogens is 2. The summed E-state index contributed by atoms with van der Waals surface area (Å²) in [7, 11) is 0. The highest BCUT2D eigenvalue weighted by Crippen LogP contribution is 2.21. The van der Waals surface area contributed by atoms with E-state index in [0.29, 0.717) is 16.8 Å². The number of benzene rings is 1. The van der Waals surface area contributed by atoms with E-state index >= 15 is 0 Å². The van der Waals surface area contributed by atoms with Gasteiger partial charge in [-0.2, -0.15) is 0 Å². The zero-order chi connectivity index (χ0) is 18.0. The standard InChI is InChI=1S/C20H19N3O2/c1-13-10-19(14(2)23(13)18-8-5-9-21-12-18)20(25)22-17-7-4-6-16(11-17)15(3)24/h4-12H,1-3H3,(H,22,25). The number of hydrogen-bond acceptors (Lipinski definition) is 3. The van der Waals surface area contributed by atoms with E-state index in [9.17, 15) is 9.59 Å². The predicted octanol–water partition coefficient (Wildman–Crippen LogP) is 3.94. The molecule has 3 aromatic rings. The minimum atomic E-state index is -0.205.